The van der Waals surface area contributed by atoms with Crippen LogP contribution in [0.4, 0.5) is 4.79 Å². The van der Waals surface area contributed by atoms with Gasteiger partial charge in [-0.2, -0.15) is 4.68 Å². The fraction of sp³-hybridized carbons (Fsp3) is 0.364. The van der Waals surface area contributed by atoms with Crippen LogP contribution in [0.25, 0.3) is 5.69 Å². The van der Waals surface area contributed by atoms with Crippen molar-refractivity contribution in [3.05, 3.63) is 66.0 Å². The van der Waals surface area contributed by atoms with Gasteiger partial charge >= 0.3 is 6.03 Å². The predicted octanol–water partition coefficient (Wildman–Crippen LogP) is 2.09. The number of urea groups is 1. The molecule has 0 aliphatic carbocycles. The van der Waals surface area contributed by atoms with Crippen molar-refractivity contribution in [2.45, 2.75) is 20.0 Å². The van der Waals surface area contributed by atoms with Gasteiger partial charge in [-0.1, -0.05) is 30.3 Å². The summed E-state index contributed by atoms with van der Waals surface area (Å²) < 4.78 is 7.24. The first-order valence-corrected chi connectivity index (χ1v) is 10.5. The van der Waals surface area contributed by atoms with Crippen molar-refractivity contribution in [3.8, 4) is 11.4 Å². The van der Waals surface area contributed by atoms with E-state index in [0.29, 0.717) is 32.8 Å². The summed E-state index contributed by atoms with van der Waals surface area (Å²) >= 11 is 0. The SMILES string of the molecule is CCOc1ccc(-n2nnnc2CN2CCN(C(=O)NCc3ccccc3)CC2)cc1. The lowest BCUT2D eigenvalue weighted by Gasteiger charge is -2.34. The number of ether oxygens (including phenoxy) is 1. The number of nitrogens with zero attached hydrogens (tertiary/aromatic N) is 6. The number of carbonyl (C=O) groups excluding carboxylic acids is 1. The third-order valence-electron chi connectivity index (χ3n) is 5.24. The molecule has 31 heavy (non-hydrogen) atoms. The second-order valence-corrected chi connectivity index (χ2v) is 7.34. The Balaban J connectivity index is 1.28. The molecule has 1 aliphatic heterocycles. The Morgan fingerprint density at radius 2 is 1.77 bits per heavy atom. The highest BCUT2D eigenvalue weighted by atomic mass is 16.5. The first-order valence-electron chi connectivity index (χ1n) is 10.5. The second-order valence-electron chi connectivity index (χ2n) is 7.34. The van der Waals surface area contributed by atoms with Gasteiger partial charge in [0.05, 0.1) is 18.8 Å². The van der Waals surface area contributed by atoms with Gasteiger partial charge in [-0.25, -0.2) is 4.79 Å². The quantitative estimate of drug-likeness (QED) is 0.629. The highest BCUT2D eigenvalue weighted by Crippen LogP contribution is 2.16. The predicted molar refractivity (Wildman–Crippen MR) is 116 cm³/mol. The zero-order chi connectivity index (χ0) is 21.5. The molecule has 3 aromatic rings. The molecule has 1 aromatic heterocycles. The Morgan fingerprint density at radius 3 is 2.48 bits per heavy atom. The maximum Gasteiger partial charge on any atom is 0.317 e. The number of aromatic nitrogens is 4. The normalized spacial score (nSPS) is 14.4. The lowest BCUT2D eigenvalue weighted by Crippen LogP contribution is -2.51. The molecule has 0 spiro atoms. The molecule has 0 saturated carbocycles. The van der Waals surface area contributed by atoms with E-state index in [1.165, 1.54) is 0 Å². The highest BCUT2D eigenvalue weighted by molar-refractivity contribution is 5.74. The Bertz CT molecular complexity index is 967. The molecule has 0 unspecified atom stereocenters. The van der Waals surface area contributed by atoms with Crippen molar-refractivity contribution < 1.29 is 9.53 Å². The third kappa shape index (κ3) is 5.37. The van der Waals surface area contributed by atoms with Gasteiger partial charge in [-0.15, -0.1) is 5.10 Å². The maximum atomic E-state index is 12.5. The van der Waals surface area contributed by atoms with E-state index in [1.807, 2.05) is 66.4 Å². The van der Waals surface area contributed by atoms with Gasteiger partial charge in [0.25, 0.3) is 0 Å². The summed E-state index contributed by atoms with van der Waals surface area (Å²) in [6.07, 6.45) is 0. The van der Waals surface area contributed by atoms with Crippen molar-refractivity contribution in [2.75, 3.05) is 32.8 Å². The summed E-state index contributed by atoms with van der Waals surface area (Å²) in [7, 11) is 0. The zero-order valence-electron chi connectivity index (χ0n) is 17.6. The summed E-state index contributed by atoms with van der Waals surface area (Å²) in [6, 6.07) is 17.6. The topological polar surface area (TPSA) is 88.4 Å². The summed E-state index contributed by atoms with van der Waals surface area (Å²) in [5.74, 6) is 1.59. The van der Waals surface area contributed by atoms with Crippen LogP contribution in [0.15, 0.2) is 54.6 Å². The number of hydrogen-bond acceptors (Lipinski definition) is 6. The average molecular weight is 422 g/mol. The van der Waals surface area contributed by atoms with Crippen molar-refractivity contribution in [3.63, 3.8) is 0 Å². The Labute approximate surface area is 181 Å². The largest absolute Gasteiger partial charge is 0.494 e. The van der Waals surface area contributed by atoms with Crippen LogP contribution in [-0.2, 0) is 13.1 Å². The van der Waals surface area contributed by atoms with E-state index in [2.05, 4.69) is 25.7 Å². The number of nitrogens with one attached hydrogen (secondary N) is 1. The number of piperazine rings is 1. The molecule has 162 valence electrons. The molecule has 2 amide bonds. The third-order valence-corrected chi connectivity index (χ3v) is 5.24. The summed E-state index contributed by atoms with van der Waals surface area (Å²) in [4.78, 5) is 16.6. The van der Waals surface area contributed by atoms with Gasteiger partial charge in [-0.05, 0) is 47.2 Å². The molecule has 1 aliphatic rings. The van der Waals surface area contributed by atoms with Crippen LogP contribution >= 0.6 is 0 Å². The Kier molecular flexibility index (Phi) is 6.73. The summed E-state index contributed by atoms with van der Waals surface area (Å²) in [6.45, 7) is 6.64. The molecule has 0 atom stereocenters. The molecule has 4 rings (SSSR count). The molecule has 1 N–H and O–H groups in total. The van der Waals surface area contributed by atoms with Gasteiger partial charge in [0.15, 0.2) is 5.82 Å². The minimum Gasteiger partial charge on any atom is -0.494 e. The molecule has 9 heteroatoms. The monoisotopic (exact) mass is 421 g/mol. The van der Waals surface area contributed by atoms with Crippen LogP contribution in [0.2, 0.25) is 0 Å². The van der Waals surface area contributed by atoms with E-state index < -0.39 is 0 Å². The van der Waals surface area contributed by atoms with Crippen LogP contribution < -0.4 is 10.1 Å². The van der Waals surface area contributed by atoms with E-state index in [9.17, 15) is 4.79 Å². The van der Waals surface area contributed by atoms with E-state index in [-0.39, 0.29) is 6.03 Å². The van der Waals surface area contributed by atoms with E-state index >= 15 is 0 Å². The van der Waals surface area contributed by atoms with Crippen molar-refractivity contribution in [1.29, 1.82) is 0 Å². The standard InChI is InChI=1S/C22H27N7O2/c1-2-31-20-10-8-19(9-11-20)29-21(24-25-26-29)17-27-12-14-28(15-13-27)22(30)23-16-18-6-4-3-5-7-18/h3-11H,2,12-17H2,1H3,(H,23,30). The number of rotatable bonds is 7. The van der Waals surface area contributed by atoms with Crippen LogP contribution in [0.3, 0.4) is 0 Å². The minimum absolute atomic E-state index is 0.0253. The smallest absolute Gasteiger partial charge is 0.317 e. The Hall–Kier alpha value is -3.46. The molecule has 1 fully saturated rings. The van der Waals surface area contributed by atoms with Gasteiger partial charge < -0.3 is 15.0 Å². The lowest BCUT2D eigenvalue weighted by atomic mass is 10.2. The number of amides is 2. The van der Waals surface area contributed by atoms with Gasteiger partial charge in [0, 0.05) is 32.7 Å². The molecule has 2 heterocycles. The van der Waals surface area contributed by atoms with Crippen LogP contribution in [0.5, 0.6) is 5.75 Å². The van der Waals surface area contributed by atoms with Crippen LogP contribution in [0.1, 0.15) is 18.3 Å². The minimum atomic E-state index is -0.0253. The van der Waals surface area contributed by atoms with Gasteiger partial charge in [0.1, 0.15) is 5.75 Å². The first-order chi connectivity index (χ1) is 15.2. The van der Waals surface area contributed by atoms with E-state index in [4.69, 9.17) is 4.74 Å². The summed E-state index contributed by atoms with van der Waals surface area (Å²) in [5, 5.41) is 15.2. The Morgan fingerprint density at radius 1 is 1.03 bits per heavy atom. The fourth-order valence-corrected chi connectivity index (χ4v) is 3.55. The summed E-state index contributed by atoms with van der Waals surface area (Å²) in [5.41, 5.74) is 1.98. The molecular formula is C22H27N7O2. The van der Waals surface area contributed by atoms with Crippen molar-refractivity contribution >= 4 is 6.03 Å². The number of benzene rings is 2. The number of hydrogen-bond donors (Lipinski definition) is 1. The second kappa shape index (κ2) is 10.0. The highest BCUT2D eigenvalue weighted by Gasteiger charge is 2.22. The fourth-order valence-electron chi connectivity index (χ4n) is 3.55. The molecule has 0 radical (unpaired) electrons. The van der Waals surface area contributed by atoms with E-state index in [1.54, 1.807) is 4.68 Å². The van der Waals surface area contributed by atoms with Gasteiger partial charge in [0.2, 0.25) is 0 Å². The first kappa shape index (κ1) is 20.8. The van der Waals surface area contributed by atoms with Crippen LogP contribution in [0, 0.1) is 0 Å². The molecular weight excluding hydrogens is 394 g/mol. The molecule has 0 bridgehead atoms. The number of carbonyl (C=O) groups is 1. The van der Waals surface area contributed by atoms with Gasteiger partial charge in [-0.3, -0.25) is 4.90 Å². The molecule has 1 saturated heterocycles. The van der Waals surface area contributed by atoms with Crippen molar-refractivity contribution in [2.24, 2.45) is 0 Å². The lowest BCUT2D eigenvalue weighted by molar-refractivity contribution is 0.133. The maximum absolute atomic E-state index is 12.5. The zero-order valence-corrected chi connectivity index (χ0v) is 17.6. The van der Waals surface area contributed by atoms with Crippen molar-refractivity contribution in [1.82, 2.24) is 35.3 Å². The molecule has 2 aromatic carbocycles. The average Bonchev–Trinajstić information content (AvgIpc) is 3.27. The number of tetrazole rings is 1. The van der Waals surface area contributed by atoms with E-state index in [0.717, 1.165) is 35.9 Å². The van der Waals surface area contributed by atoms with Crippen LogP contribution in [-0.4, -0.2) is 68.8 Å². The molecule has 9 nitrogen and oxygen atoms in total.